The minimum absolute atomic E-state index is 0.606. The standard InChI is InChI=1S/C8H8N4/c1-2-6-5-7-8(12-11-6)10-4-3-9-7/h3-5H,2H2,1H3. The van der Waals surface area contributed by atoms with Gasteiger partial charge in [0.1, 0.15) is 5.52 Å². The van der Waals surface area contributed by atoms with E-state index in [-0.39, 0.29) is 0 Å². The zero-order chi connectivity index (χ0) is 8.39. The summed E-state index contributed by atoms with van der Waals surface area (Å²) in [5.41, 5.74) is 2.36. The summed E-state index contributed by atoms with van der Waals surface area (Å²) in [5.74, 6) is 0. The normalized spacial score (nSPS) is 10.4. The fraction of sp³-hybridized carbons (Fsp3) is 0.250. The lowest BCUT2D eigenvalue weighted by molar-refractivity contribution is 0.930. The molecule has 0 bridgehead atoms. The predicted octanol–water partition coefficient (Wildman–Crippen LogP) is 0.982. The Hall–Kier alpha value is -1.58. The quantitative estimate of drug-likeness (QED) is 0.624. The van der Waals surface area contributed by atoms with Crippen LogP contribution in [0.5, 0.6) is 0 Å². The van der Waals surface area contributed by atoms with E-state index in [4.69, 9.17) is 0 Å². The molecular formula is C8H8N4. The van der Waals surface area contributed by atoms with Crippen LogP contribution in [-0.2, 0) is 6.42 Å². The van der Waals surface area contributed by atoms with Gasteiger partial charge in [-0.2, -0.15) is 5.10 Å². The summed E-state index contributed by atoms with van der Waals surface area (Å²) in [6, 6.07) is 1.91. The maximum atomic E-state index is 4.12. The van der Waals surface area contributed by atoms with Gasteiger partial charge in [0.25, 0.3) is 0 Å². The second-order valence-corrected chi connectivity index (χ2v) is 2.45. The van der Waals surface area contributed by atoms with E-state index >= 15 is 0 Å². The molecule has 0 saturated heterocycles. The fourth-order valence-electron chi connectivity index (χ4n) is 0.991. The molecule has 2 aromatic heterocycles. The van der Waals surface area contributed by atoms with E-state index in [0.29, 0.717) is 5.65 Å². The molecule has 0 aliphatic rings. The number of rotatable bonds is 1. The van der Waals surface area contributed by atoms with Crippen LogP contribution < -0.4 is 0 Å². The van der Waals surface area contributed by atoms with Gasteiger partial charge < -0.3 is 0 Å². The lowest BCUT2D eigenvalue weighted by Crippen LogP contribution is -1.94. The lowest BCUT2D eigenvalue weighted by Gasteiger charge is -1.95. The molecule has 2 heterocycles. The van der Waals surface area contributed by atoms with Crippen molar-refractivity contribution < 1.29 is 0 Å². The second kappa shape index (κ2) is 2.81. The van der Waals surface area contributed by atoms with E-state index in [1.807, 2.05) is 13.0 Å². The van der Waals surface area contributed by atoms with E-state index in [1.54, 1.807) is 12.4 Å². The highest BCUT2D eigenvalue weighted by Crippen LogP contribution is 2.04. The Morgan fingerprint density at radius 3 is 2.83 bits per heavy atom. The average Bonchev–Trinajstić information content (AvgIpc) is 2.17. The monoisotopic (exact) mass is 160 g/mol. The fourth-order valence-corrected chi connectivity index (χ4v) is 0.991. The maximum absolute atomic E-state index is 4.12. The van der Waals surface area contributed by atoms with E-state index in [2.05, 4.69) is 20.2 Å². The average molecular weight is 160 g/mol. The summed E-state index contributed by atoms with van der Waals surface area (Å²) in [6.07, 6.45) is 4.14. The molecule has 4 heteroatoms. The number of hydrogen-bond donors (Lipinski definition) is 0. The van der Waals surface area contributed by atoms with Crippen LogP contribution in [0.4, 0.5) is 0 Å². The maximum Gasteiger partial charge on any atom is 0.200 e. The predicted molar refractivity (Wildman–Crippen MR) is 44.5 cm³/mol. The molecule has 0 fully saturated rings. The number of aryl methyl sites for hydroxylation is 1. The molecule has 12 heavy (non-hydrogen) atoms. The largest absolute Gasteiger partial charge is 0.251 e. The van der Waals surface area contributed by atoms with Crippen LogP contribution in [0.2, 0.25) is 0 Å². The van der Waals surface area contributed by atoms with Gasteiger partial charge >= 0.3 is 0 Å². The molecule has 0 atom stereocenters. The van der Waals surface area contributed by atoms with Crippen LogP contribution in [0.3, 0.4) is 0 Å². The van der Waals surface area contributed by atoms with E-state index in [9.17, 15) is 0 Å². The molecular weight excluding hydrogens is 152 g/mol. The molecule has 60 valence electrons. The van der Waals surface area contributed by atoms with Crippen LogP contribution in [-0.4, -0.2) is 20.2 Å². The molecule has 2 aromatic rings. The first-order valence-corrected chi connectivity index (χ1v) is 3.83. The Labute approximate surface area is 69.7 Å². The molecule has 0 radical (unpaired) electrons. The minimum atomic E-state index is 0.606. The third kappa shape index (κ3) is 1.11. The minimum Gasteiger partial charge on any atom is -0.251 e. The smallest absolute Gasteiger partial charge is 0.200 e. The highest BCUT2D eigenvalue weighted by Gasteiger charge is 1.97. The van der Waals surface area contributed by atoms with Gasteiger partial charge in [-0.3, -0.25) is 4.98 Å². The Balaban J connectivity index is 2.67. The molecule has 0 aliphatic carbocycles. The lowest BCUT2D eigenvalue weighted by atomic mass is 10.3. The molecule has 0 aliphatic heterocycles. The summed E-state index contributed by atoms with van der Waals surface area (Å²) in [6.45, 7) is 2.03. The Morgan fingerprint density at radius 1 is 1.17 bits per heavy atom. The number of hydrogen-bond acceptors (Lipinski definition) is 4. The van der Waals surface area contributed by atoms with Gasteiger partial charge in [0.15, 0.2) is 5.65 Å². The zero-order valence-corrected chi connectivity index (χ0v) is 6.73. The van der Waals surface area contributed by atoms with Gasteiger partial charge in [-0.15, -0.1) is 5.10 Å². The third-order valence-corrected chi connectivity index (χ3v) is 1.64. The summed E-state index contributed by atoms with van der Waals surface area (Å²) in [4.78, 5) is 8.15. The van der Waals surface area contributed by atoms with Crippen LogP contribution in [0, 0.1) is 0 Å². The SMILES string of the molecule is CCc1cc2nccnc2nn1. The number of aromatic nitrogens is 4. The van der Waals surface area contributed by atoms with Crippen molar-refractivity contribution in [2.24, 2.45) is 0 Å². The number of fused-ring (bicyclic) bond motifs is 1. The van der Waals surface area contributed by atoms with Crippen molar-refractivity contribution in [2.45, 2.75) is 13.3 Å². The Bertz CT molecular complexity index is 399. The summed E-state index contributed by atoms with van der Waals surface area (Å²) in [5, 5.41) is 7.90. The molecule has 0 saturated carbocycles. The number of nitrogens with zero attached hydrogens (tertiary/aromatic N) is 4. The molecule has 2 rings (SSSR count). The van der Waals surface area contributed by atoms with Gasteiger partial charge in [-0.05, 0) is 12.5 Å². The summed E-state index contributed by atoms with van der Waals surface area (Å²) >= 11 is 0. The van der Waals surface area contributed by atoms with Gasteiger partial charge in [-0.1, -0.05) is 6.92 Å². The van der Waals surface area contributed by atoms with Crippen molar-refractivity contribution >= 4 is 11.2 Å². The molecule has 0 aromatic carbocycles. The van der Waals surface area contributed by atoms with Crippen molar-refractivity contribution in [3.8, 4) is 0 Å². The molecule has 0 N–H and O–H groups in total. The van der Waals surface area contributed by atoms with Crippen molar-refractivity contribution in [2.75, 3.05) is 0 Å². The van der Waals surface area contributed by atoms with Gasteiger partial charge in [0.05, 0.1) is 5.69 Å². The molecule has 4 nitrogen and oxygen atoms in total. The van der Waals surface area contributed by atoms with Crippen LogP contribution >= 0.6 is 0 Å². The Morgan fingerprint density at radius 2 is 2.00 bits per heavy atom. The van der Waals surface area contributed by atoms with Gasteiger partial charge in [0.2, 0.25) is 0 Å². The van der Waals surface area contributed by atoms with Gasteiger partial charge in [0, 0.05) is 12.4 Å². The molecule has 0 spiro atoms. The topological polar surface area (TPSA) is 51.6 Å². The summed E-state index contributed by atoms with van der Waals surface area (Å²) in [7, 11) is 0. The van der Waals surface area contributed by atoms with Crippen LogP contribution in [0.1, 0.15) is 12.6 Å². The zero-order valence-electron chi connectivity index (χ0n) is 6.73. The molecule has 0 unspecified atom stereocenters. The van der Waals surface area contributed by atoms with E-state index < -0.39 is 0 Å². The van der Waals surface area contributed by atoms with Crippen molar-refractivity contribution in [3.05, 3.63) is 24.2 Å². The first-order chi connectivity index (χ1) is 5.90. The summed E-state index contributed by atoms with van der Waals surface area (Å²) < 4.78 is 0. The van der Waals surface area contributed by atoms with Crippen LogP contribution in [0.25, 0.3) is 11.2 Å². The van der Waals surface area contributed by atoms with Crippen LogP contribution in [0.15, 0.2) is 18.5 Å². The Kier molecular flexibility index (Phi) is 1.66. The van der Waals surface area contributed by atoms with Crippen molar-refractivity contribution in [3.63, 3.8) is 0 Å². The highest BCUT2D eigenvalue weighted by atomic mass is 15.1. The molecule has 0 amide bonds. The van der Waals surface area contributed by atoms with Crippen molar-refractivity contribution in [1.29, 1.82) is 0 Å². The second-order valence-electron chi connectivity index (χ2n) is 2.45. The van der Waals surface area contributed by atoms with E-state index in [1.165, 1.54) is 0 Å². The van der Waals surface area contributed by atoms with E-state index in [0.717, 1.165) is 17.6 Å². The third-order valence-electron chi connectivity index (χ3n) is 1.64. The first-order valence-electron chi connectivity index (χ1n) is 3.83. The van der Waals surface area contributed by atoms with Gasteiger partial charge in [-0.25, -0.2) is 4.98 Å². The van der Waals surface area contributed by atoms with Crippen molar-refractivity contribution in [1.82, 2.24) is 20.2 Å². The first kappa shape index (κ1) is 7.09. The highest BCUT2D eigenvalue weighted by molar-refractivity contribution is 5.68.